The van der Waals surface area contributed by atoms with Crippen molar-refractivity contribution in [3.05, 3.63) is 63.3 Å². The molecule has 0 saturated carbocycles. The second-order valence-corrected chi connectivity index (χ2v) is 11.3. The molecule has 1 heterocycles. The first-order chi connectivity index (χ1) is 15.6. The number of esters is 1. The third kappa shape index (κ3) is 5.59. The van der Waals surface area contributed by atoms with Crippen LogP contribution in [0.15, 0.2) is 40.9 Å². The number of carbonyl (C=O) groups is 1. The summed E-state index contributed by atoms with van der Waals surface area (Å²) in [4.78, 5) is 14.9. The molecule has 178 valence electrons. The number of nitrogens with zero attached hydrogens (tertiary/aromatic N) is 2. The summed E-state index contributed by atoms with van der Waals surface area (Å²) >= 11 is 3.39. The van der Waals surface area contributed by atoms with Gasteiger partial charge in [-0.15, -0.1) is 0 Å². The van der Waals surface area contributed by atoms with Gasteiger partial charge >= 0.3 is 5.97 Å². The number of phenolic OH excluding ortho intramolecular Hbond substituents is 1. The molecule has 2 aromatic carbocycles. The molecule has 0 aliphatic heterocycles. The largest absolute Gasteiger partial charge is 0.506 e. The maximum atomic E-state index is 13.1. The Labute approximate surface area is 203 Å². The molecule has 0 amide bonds. The number of aryl methyl sites for hydroxylation is 2. The molecule has 0 atom stereocenters. The van der Waals surface area contributed by atoms with Crippen molar-refractivity contribution in [1.29, 1.82) is 0 Å². The van der Waals surface area contributed by atoms with Gasteiger partial charge in [-0.3, -0.25) is 0 Å². The van der Waals surface area contributed by atoms with Crippen LogP contribution < -0.4 is 0 Å². The van der Waals surface area contributed by atoms with Crippen LogP contribution in [-0.4, -0.2) is 55.4 Å². The van der Waals surface area contributed by atoms with Crippen LogP contribution in [0.1, 0.15) is 34.1 Å². The summed E-state index contributed by atoms with van der Waals surface area (Å²) < 4.78 is 33.7. The van der Waals surface area contributed by atoms with Crippen molar-refractivity contribution in [2.24, 2.45) is 7.05 Å². The monoisotopic (exact) mass is 536 g/mol. The van der Waals surface area contributed by atoms with Crippen LogP contribution in [0.2, 0.25) is 0 Å². The molecule has 1 aromatic heterocycles. The van der Waals surface area contributed by atoms with Gasteiger partial charge in [0.05, 0.1) is 33.7 Å². The van der Waals surface area contributed by atoms with E-state index in [0.29, 0.717) is 39.6 Å². The van der Waals surface area contributed by atoms with Gasteiger partial charge in [0.25, 0.3) is 0 Å². The van der Waals surface area contributed by atoms with Gasteiger partial charge in [-0.1, -0.05) is 30.3 Å². The number of hydrogen-bond donors (Lipinski definition) is 1. The number of aromatic hydroxyl groups is 1. The Morgan fingerprint density at radius 2 is 1.88 bits per heavy atom. The molecule has 0 unspecified atom stereocenters. The van der Waals surface area contributed by atoms with Crippen LogP contribution in [0.4, 0.5) is 0 Å². The second kappa shape index (κ2) is 10.3. The first-order valence-electron chi connectivity index (χ1n) is 10.6. The number of carbonyl (C=O) groups excluding carboxylic acids is 1. The van der Waals surface area contributed by atoms with Crippen molar-refractivity contribution in [1.82, 2.24) is 9.47 Å². The topological polar surface area (TPSA) is 88.8 Å². The lowest BCUT2D eigenvalue weighted by molar-refractivity contribution is 0.0527. The van der Waals surface area contributed by atoms with E-state index in [4.69, 9.17) is 4.74 Å². The van der Waals surface area contributed by atoms with Crippen molar-refractivity contribution in [2.45, 2.75) is 25.6 Å². The van der Waals surface area contributed by atoms with E-state index in [1.54, 1.807) is 24.6 Å². The quantitative estimate of drug-likeness (QED) is 0.415. The van der Waals surface area contributed by atoms with E-state index in [9.17, 15) is 18.3 Å². The highest BCUT2D eigenvalue weighted by atomic mass is 79.9. The fraction of sp³-hybridized carbons (Fsp3) is 0.375. The van der Waals surface area contributed by atoms with Gasteiger partial charge in [0.15, 0.2) is 9.84 Å². The molecule has 33 heavy (non-hydrogen) atoms. The van der Waals surface area contributed by atoms with Crippen LogP contribution >= 0.6 is 15.9 Å². The Morgan fingerprint density at radius 1 is 1.21 bits per heavy atom. The fourth-order valence-corrected chi connectivity index (χ4v) is 5.84. The summed E-state index contributed by atoms with van der Waals surface area (Å²) in [6, 6.07) is 11.1. The van der Waals surface area contributed by atoms with E-state index in [1.807, 2.05) is 49.3 Å². The summed E-state index contributed by atoms with van der Waals surface area (Å²) in [7, 11) is 1.90. The Bertz CT molecular complexity index is 1270. The zero-order chi connectivity index (χ0) is 24.3. The number of hydrogen-bond acceptors (Lipinski definition) is 6. The minimum Gasteiger partial charge on any atom is -0.506 e. The number of fused-ring (bicyclic) bond motifs is 1. The highest BCUT2D eigenvalue weighted by molar-refractivity contribution is 9.10. The molecular formula is C24H29BrN2O5S. The van der Waals surface area contributed by atoms with Crippen LogP contribution in [0.3, 0.4) is 0 Å². The first-order valence-corrected chi connectivity index (χ1v) is 13.2. The summed E-state index contributed by atoms with van der Waals surface area (Å²) in [5.74, 6) is -0.928. The zero-order valence-electron chi connectivity index (χ0n) is 19.3. The molecule has 0 saturated heterocycles. The highest BCUT2D eigenvalue weighted by Crippen LogP contribution is 2.40. The molecule has 9 heteroatoms. The lowest BCUT2D eigenvalue weighted by Gasteiger charge is -2.15. The van der Waals surface area contributed by atoms with Gasteiger partial charge in [0.1, 0.15) is 5.75 Å². The number of aromatic nitrogens is 1. The van der Waals surface area contributed by atoms with Gasteiger partial charge in [-0.25, -0.2) is 13.2 Å². The SMILES string of the molecule is CCOC(=O)c1c(CS(=O)(=O)CCc2ccccc2)n(C)c2cc(Br)c(O)c(CN(C)C)c12. The summed E-state index contributed by atoms with van der Waals surface area (Å²) in [5, 5.41) is 11.3. The van der Waals surface area contributed by atoms with E-state index in [0.717, 1.165) is 5.56 Å². The van der Waals surface area contributed by atoms with Gasteiger partial charge in [0, 0.05) is 30.2 Å². The van der Waals surface area contributed by atoms with E-state index in [2.05, 4.69) is 15.9 Å². The Hall–Kier alpha value is -2.36. The third-order valence-electron chi connectivity index (χ3n) is 5.49. The van der Waals surface area contributed by atoms with Crippen LogP contribution in [0, 0.1) is 0 Å². The highest BCUT2D eigenvalue weighted by Gasteiger charge is 2.29. The van der Waals surface area contributed by atoms with Gasteiger partial charge in [0.2, 0.25) is 0 Å². The minimum atomic E-state index is -3.54. The zero-order valence-corrected chi connectivity index (χ0v) is 21.7. The number of sulfone groups is 1. The number of benzene rings is 2. The molecule has 7 nitrogen and oxygen atoms in total. The molecule has 0 fully saturated rings. The molecule has 3 rings (SSSR count). The van der Waals surface area contributed by atoms with Crippen molar-refractivity contribution in [2.75, 3.05) is 26.5 Å². The van der Waals surface area contributed by atoms with E-state index in [1.165, 1.54) is 0 Å². The van der Waals surface area contributed by atoms with E-state index >= 15 is 0 Å². The average molecular weight is 537 g/mol. The Kier molecular flexibility index (Phi) is 7.87. The third-order valence-corrected chi connectivity index (χ3v) is 7.64. The van der Waals surface area contributed by atoms with Crippen molar-refractivity contribution < 1.29 is 23.1 Å². The molecular weight excluding hydrogens is 508 g/mol. The maximum absolute atomic E-state index is 13.1. The van der Waals surface area contributed by atoms with E-state index in [-0.39, 0.29) is 29.4 Å². The standard InChI is InChI=1S/C24H29BrN2O5S/c1-5-32-24(29)22-20(15-33(30,31)12-11-16-9-7-6-8-10-16)27(4)19-13-18(25)23(28)17(21(19)22)14-26(2)3/h6-10,13,28H,5,11-12,14-15H2,1-4H3. The molecule has 1 N–H and O–H groups in total. The summed E-state index contributed by atoms with van der Waals surface area (Å²) in [6.45, 7) is 2.22. The summed E-state index contributed by atoms with van der Waals surface area (Å²) in [5.41, 5.74) is 2.67. The van der Waals surface area contributed by atoms with E-state index < -0.39 is 15.8 Å². The van der Waals surface area contributed by atoms with Crippen molar-refractivity contribution in [3.63, 3.8) is 0 Å². The summed E-state index contributed by atoms with van der Waals surface area (Å²) in [6.07, 6.45) is 0.389. The van der Waals surface area contributed by atoms with Crippen molar-refractivity contribution >= 4 is 42.6 Å². The number of phenols is 1. The molecule has 0 spiro atoms. The lowest BCUT2D eigenvalue weighted by atomic mass is 10.0. The van der Waals surface area contributed by atoms with Gasteiger partial charge in [-0.05, 0) is 55.0 Å². The van der Waals surface area contributed by atoms with Gasteiger partial charge < -0.3 is 19.3 Å². The first kappa shape index (κ1) is 25.3. The smallest absolute Gasteiger partial charge is 0.340 e. The second-order valence-electron chi connectivity index (χ2n) is 8.25. The number of halogens is 1. The van der Waals surface area contributed by atoms with Crippen LogP contribution in [0.25, 0.3) is 10.9 Å². The normalized spacial score (nSPS) is 11.9. The Morgan fingerprint density at radius 3 is 2.48 bits per heavy atom. The maximum Gasteiger partial charge on any atom is 0.340 e. The van der Waals surface area contributed by atoms with Crippen LogP contribution in [0.5, 0.6) is 5.75 Å². The molecule has 0 aliphatic carbocycles. The molecule has 3 aromatic rings. The molecule has 0 radical (unpaired) electrons. The van der Waals surface area contributed by atoms with Crippen molar-refractivity contribution in [3.8, 4) is 5.75 Å². The Balaban J connectivity index is 2.15. The predicted octanol–water partition coefficient (Wildman–Crippen LogP) is 4.04. The molecule has 0 aliphatic rings. The predicted molar refractivity (Wildman–Crippen MR) is 133 cm³/mol. The number of rotatable bonds is 9. The van der Waals surface area contributed by atoms with Gasteiger partial charge in [-0.2, -0.15) is 0 Å². The lowest BCUT2D eigenvalue weighted by Crippen LogP contribution is -2.17. The molecule has 0 bridgehead atoms. The van der Waals surface area contributed by atoms with Crippen LogP contribution in [-0.2, 0) is 40.3 Å². The minimum absolute atomic E-state index is 0.0193. The number of ether oxygens (including phenoxy) is 1. The average Bonchev–Trinajstić information content (AvgIpc) is 3.02. The fourth-order valence-electron chi connectivity index (χ4n) is 3.94.